The summed E-state index contributed by atoms with van der Waals surface area (Å²) in [5, 5.41) is 0.485. The SMILES string of the molecule is COC(=O)/C=C/C(=O)c1c(Cl)cccc1Cl. The predicted molar refractivity (Wildman–Crippen MR) is 61.9 cm³/mol. The van der Waals surface area contributed by atoms with Gasteiger partial charge in [-0.2, -0.15) is 0 Å². The minimum absolute atomic E-state index is 0.172. The highest BCUT2D eigenvalue weighted by molar-refractivity contribution is 6.40. The molecule has 0 saturated carbocycles. The fourth-order valence-electron chi connectivity index (χ4n) is 1.03. The van der Waals surface area contributed by atoms with Crippen LogP contribution in [0, 0.1) is 0 Å². The number of allylic oxidation sites excluding steroid dienone is 1. The summed E-state index contributed by atoms with van der Waals surface area (Å²) in [6.45, 7) is 0. The van der Waals surface area contributed by atoms with Gasteiger partial charge in [-0.05, 0) is 18.2 Å². The van der Waals surface area contributed by atoms with Crippen LogP contribution in [0.25, 0.3) is 0 Å². The monoisotopic (exact) mass is 258 g/mol. The quantitative estimate of drug-likeness (QED) is 0.476. The van der Waals surface area contributed by atoms with Gasteiger partial charge in [-0.25, -0.2) is 4.79 Å². The maximum atomic E-state index is 11.6. The Morgan fingerprint density at radius 3 is 2.25 bits per heavy atom. The number of esters is 1. The summed E-state index contributed by atoms with van der Waals surface area (Å²) >= 11 is 11.6. The minimum atomic E-state index is -0.614. The lowest BCUT2D eigenvalue weighted by molar-refractivity contribution is -0.134. The number of carbonyl (C=O) groups excluding carboxylic acids is 2. The van der Waals surface area contributed by atoms with Crippen molar-refractivity contribution in [3.63, 3.8) is 0 Å². The molecule has 0 radical (unpaired) electrons. The first kappa shape index (κ1) is 12.7. The summed E-state index contributed by atoms with van der Waals surface area (Å²) in [6, 6.07) is 4.73. The molecule has 0 bridgehead atoms. The van der Waals surface area contributed by atoms with Crippen LogP contribution in [0.2, 0.25) is 10.0 Å². The van der Waals surface area contributed by atoms with E-state index >= 15 is 0 Å². The molecule has 84 valence electrons. The van der Waals surface area contributed by atoms with Gasteiger partial charge in [0.1, 0.15) is 0 Å². The second-order valence-electron chi connectivity index (χ2n) is 2.82. The maximum absolute atomic E-state index is 11.6. The second kappa shape index (κ2) is 5.68. The highest BCUT2D eigenvalue weighted by Gasteiger charge is 2.11. The van der Waals surface area contributed by atoms with Crippen molar-refractivity contribution in [2.24, 2.45) is 0 Å². The molecule has 0 aliphatic heterocycles. The zero-order valence-electron chi connectivity index (χ0n) is 8.37. The molecule has 0 aliphatic carbocycles. The third-order valence-electron chi connectivity index (χ3n) is 1.78. The van der Waals surface area contributed by atoms with Crippen molar-refractivity contribution >= 4 is 35.0 Å². The fourth-order valence-corrected chi connectivity index (χ4v) is 1.61. The Labute approximate surface area is 103 Å². The van der Waals surface area contributed by atoms with Gasteiger partial charge in [-0.1, -0.05) is 29.3 Å². The number of rotatable bonds is 3. The van der Waals surface area contributed by atoms with E-state index in [0.29, 0.717) is 0 Å². The van der Waals surface area contributed by atoms with Crippen molar-refractivity contribution < 1.29 is 14.3 Å². The lowest BCUT2D eigenvalue weighted by Gasteiger charge is -2.01. The topological polar surface area (TPSA) is 43.4 Å². The number of benzene rings is 1. The van der Waals surface area contributed by atoms with Crippen molar-refractivity contribution in [2.45, 2.75) is 0 Å². The fraction of sp³-hybridized carbons (Fsp3) is 0.0909. The average Bonchev–Trinajstić information content (AvgIpc) is 2.25. The van der Waals surface area contributed by atoms with E-state index in [1.54, 1.807) is 18.2 Å². The molecule has 0 unspecified atom stereocenters. The molecule has 0 fully saturated rings. The van der Waals surface area contributed by atoms with Gasteiger partial charge in [0.15, 0.2) is 5.78 Å². The summed E-state index contributed by atoms with van der Waals surface area (Å²) in [4.78, 5) is 22.4. The molecule has 1 rings (SSSR count). The number of hydrogen-bond donors (Lipinski definition) is 0. The van der Waals surface area contributed by atoms with Crippen LogP contribution in [0.3, 0.4) is 0 Å². The molecule has 5 heteroatoms. The van der Waals surface area contributed by atoms with Gasteiger partial charge >= 0.3 is 5.97 Å². The number of carbonyl (C=O) groups is 2. The summed E-state index contributed by atoms with van der Waals surface area (Å²) in [5.41, 5.74) is 0.172. The van der Waals surface area contributed by atoms with Gasteiger partial charge in [0.25, 0.3) is 0 Å². The Balaban J connectivity index is 2.97. The van der Waals surface area contributed by atoms with Gasteiger partial charge in [-0.3, -0.25) is 4.79 Å². The number of ether oxygens (including phenoxy) is 1. The van der Waals surface area contributed by atoms with Crippen LogP contribution in [-0.2, 0) is 9.53 Å². The van der Waals surface area contributed by atoms with Crippen molar-refractivity contribution in [3.05, 3.63) is 46.0 Å². The number of ketones is 1. The predicted octanol–water partition coefficient (Wildman–Crippen LogP) is 2.91. The minimum Gasteiger partial charge on any atom is -0.466 e. The molecule has 1 aromatic rings. The molecule has 0 N–H and O–H groups in total. The Hall–Kier alpha value is -1.32. The number of halogens is 2. The lowest BCUT2D eigenvalue weighted by atomic mass is 10.1. The smallest absolute Gasteiger partial charge is 0.330 e. The van der Waals surface area contributed by atoms with E-state index in [4.69, 9.17) is 23.2 Å². The molecule has 16 heavy (non-hydrogen) atoms. The molecule has 0 heterocycles. The molecule has 1 aromatic carbocycles. The zero-order chi connectivity index (χ0) is 12.1. The van der Waals surface area contributed by atoms with Crippen molar-refractivity contribution in [1.82, 2.24) is 0 Å². The van der Waals surface area contributed by atoms with Crippen LogP contribution in [0.1, 0.15) is 10.4 Å². The van der Waals surface area contributed by atoms with Crippen LogP contribution >= 0.6 is 23.2 Å². The second-order valence-corrected chi connectivity index (χ2v) is 3.63. The molecule has 3 nitrogen and oxygen atoms in total. The van der Waals surface area contributed by atoms with Gasteiger partial charge in [-0.15, -0.1) is 0 Å². The van der Waals surface area contributed by atoms with E-state index in [1.807, 2.05) is 0 Å². The summed E-state index contributed by atoms with van der Waals surface area (Å²) in [7, 11) is 1.22. The lowest BCUT2D eigenvalue weighted by Crippen LogP contribution is -2.00. The normalized spacial score (nSPS) is 10.4. The van der Waals surface area contributed by atoms with E-state index in [0.717, 1.165) is 12.2 Å². The van der Waals surface area contributed by atoms with Crippen LogP contribution in [0.4, 0.5) is 0 Å². The first-order valence-electron chi connectivity index (χ1n) is 4.30. The van der Waals surface area contributed by atoms with Gasteiger partial charge in [0, 0.05) is 6.08 Å². The van der Waals surface area contributed by atoms with E-state index in [9.17, 15) is 9.59 Å². The number of hydrogen-bond acceptors (Lipinski definition) is 3. The molecule has 0 aliphatic rings. The molecule has 0 amide bonds. The van der Waals surface area contributed by atoms with E-state index in [2.05, 4.69) is 4.74 Å². The third kappa shape index (κ3) is 3.08. The number of methoxy groups -OCH3 is 1. The molecular formula is C11H8Cl2O3. The Bertz CT molecular complexity index is 432. The standard InChI is InChI=1S/C11H8Cl2O3/c1-16-10(15)6-5-9(14)11-7(12)3-2-4-8(11)13/h2-6H,1H3/b6-5+. The molecule has 0 atom stereocenters. The van der Waals surface area contributed by atoms with E-state index in [1.165, 1.54) is 7.11 Å². The average molecular weight is 259 g/mol. The van der Waals surface area contributed by atoms with Gasteiger partial charge < -0.3 is 4.74 Å². The summed E-state index contributed by atoms with van der Waals surface area (Å²) in [5.74, 6) is -1.06. The third-order valence-corrected chi connectivity index (χ3v) is 2.41. The summed E-state index contributed by atoms with van der Waals surface area (Å²) in [6.07, 6.45) is 2.08. The van der Waals surface area contributed by atoms with E-state index in [-0.39, 0.29) is 15.6 Å². The highest BCUT2D eigenvalue weighted by atomic mass is 35.5. The van der Waals surface area contributed by atoms with E-state index < -0.39 is 11.8 Å². The highest BCUT2D eigenvalue weighted by Crippen LogP contribution is 2.24. The molecule has 0 spiro atoms. The molecule has 0 saturated heterocycles. The Morgan fingerprint density at radius 1 is 1.19 bits per heavy atom. The zero-order valence-corrected chi connectivity index (χ0v) is 9.88. The Kier molecular flexibility index (Phi) is 4.52. The van der Waals surface area contributed by atoms with Crippen LogP contribution < -0.4 is 0 Å². The van der Waals surface area contributed by atoms with Crippen molar-refractivity contribution in [2.75, 3.05) is 7.11 Å². The van der Waals surface area contributed by atoms with Crippen molar-refractivity contribution in [3.8, 4) is 0 Å². The largest absolute Gasteiger partial charge is 0.466 e. The van der Waals surface area contributed by atoms with Crippen LogP contribution in [0.15, 0.2) is 30.4 Å². The van der Waals surface area contributed by atoms with Crippen molar-refractivity contribution in [1.29, 1.82) is 0 Å². The molecular weight excluding hydrogens is 251 g/mol. The first-order valence-corrected chi connectivity index (χ1v) is 5.06. The maximum Gasteiger partial charge on any atom is 0.330 e. The molecule has 0 aromatic heterocycles. The van der Waals surface area contributed by atoms with Gasteiger partial charge in [0.2, 0.25) is 0 Å². The Morgan fingerprint density at radius 2 is 1.75 bits per heavy atom. The first-order chi connectivity index (χ1) is 7.56. The summed E-state index contributed by atoms with van der Waals surface area (Å²) < 4.78 is 4.35. The van der Waals surface area contributed by atoms with Crippen LogP contribution in [-0.4, -0.2) is 18.9 Å². The van der Waals surface area contributed by atoms with Gasteiger partial charge in [0.05, 0.1) is 22.7 Å². The van der Waals surface area contributed by atoms with Crippen LogP contribution in [0.5, 0.6) is 0 Å².